The summed E-state index contributed by atoms with van der Waals surface area (Å²) in [4.78, 5) is 29.1. The Morgan fingerprint density at radius 2 is 1.64 bits per heavy atom. The van der Waals surface area contributed by atoms with Gasteiger partial charge in [-0.05, 0) is 67.1 Å². The summed E-state index contributed by atoms with van der Waals surface area (Å²) in [6.07, 6.45) is 3.91. The van der Waals surface area contributed by atoms with Crippen molar-refractivity contribution >= 4 is 23.3 Å². The number of benzene rings is 2. The molecule has 0 radical (unpaired) electrons. The number of hydrogen-bond donors (Lipinski definition) is 1. The summed E-state index contributed by atoms with van der Waals surface area (Å²) in [5.41, 5.74) is 1.93. The zero-order chi connectivity index (χ0) is 25.1. The van der Waals surface area contributed by atoms with E-state index < -0.39 is 11.6 Å². The smallest absolute Gasteiger partial charge is 0.254 e. The summed E-state index contributed by atoms with van der Waals surface area (Å²) in [5, 5.41) is 11.0. The van der Waals surface area contributed by atoms with Crippen LogP contribution in [-0.4, -0.2) is 53.1 Å². The van der Waals surface area contributed by atoms with Gasteiger partial charge in [-0.2, -0.15) is 5.10 Å². The lowest BCUT2D eigenvalue weighted by atomic mass is 9.89. The molecule has 9 heteroatoms. The molecule has 1 atom stereocenters. The molecule has 3 heterocycles. The highest BCUT2D eigenvalue weighted by Gasteiger charge is 2.29. The summed E-state index contributed by atoms with van der Waals surface area (Å²) < 4.78 is 27.0. The Hall–Kier alpha value is -3.88. The van der Waals surface area contributed by atoms with Crippen LogP contribution >= 0.6 is 0 Å². The van der Waals surface area contributed by atoms with Crippen LogP contribution in [0.4, 0.5) is 20.3 Å². The van der Waals surface area contributed by atoms with Crippen LogP contribution in [0.25, 0.3) is 0 Å². The molecule has 0 saturated carbocycles. The number of nitrogens with one attached hydrogen (secondary N) is 1. The Morgan fingerprint density at radius 3 is 2.31 bits per heavy atom. The number of nitrogens with zero attached hydrogens (tertiary/aromatic N) is 4. The third-order valence-corrected chi connectivity index (χ3v) is 6.98. The minimum atomic E-state index is -0.754. The molecule has 0 spiro atoms. The molecule has 0 bridgehead atoms. The summed E-state index contributed by atoms with van der Waals surface area (Å²) in [5.74, 6) is -0.914. The third-order valence-electron chi connectivity index (χ3n) is 6.98. The molecule has 5 rings (SSSR count). The highest BCUT2D eigenvalue weighted by atomic mass is 19.1. The second-order valence-electron chi connectivity index (χ2n) is 9.35. The molecule has 186 valence electrons. The number of carbonyl (C=O) groups excluding carboxylic acids is 2. The van der Waals surface area contributed by atoms with Gasteiger partial charge >= 0.3 is 0 Å². The van der Waals surface area contributed by atoms with Crippen molar-refractivity contribution in [3.05, 3.63) is 83.6 Å². The van der Waals surface area contributed by atoms with Crippen molar-refractivity contribution in [2.75, 3.05) is 36.4 Å². The van der Waals surface area contributed by atoms with Crippen LogP contribution in [0.15, 0.2) is 60.8 Å². The molecular formula is C27H27F2N5O2. The van der Waals surface area contributed by atoms with Crippen molar-refractivity contribution in [3.63, 3.8) is 0 Å². The fourth-order valence-corrected chi connectivity index (χ4v) is 5.00. The molecule has 1 N–H and O–H groups in total. The Morgan fingerprint density at radius 1 is 0.917 bits per heavy atom. The fourth-order valence-electron chi connectivity index (χ4n) is 5.00. The van der Waals surface area contributed by atoms with Gasteiger partial charge in [0.1, 0.15) is 11.6 Å². The maximum atomic E-state index is 13.5. The standard InChI is InChI=1S/C27H27F2N5O2/c28-22-14-21(15-23(29)16-22)27(36)33-11-7-19(8-12-33)18-3-5-24(6-4-18)31-26(35)20-9-13-34(17-20)25-2-1-10-30-32-25/h1-6,10,14-16,19-20H,7-9,11-13,17H2,(H,31,35)/t20-/m0/s1. The number of rotatable bonds is 5. The first kappa shape index (κ1) is 23.8. The van der Waals surface area contributed by atoms with E-state index in [2.05, 4.69) is 20.4 Å². The first-order valence-electron chi connectivity index (χ1n) is 12.1. The number of aromatic nitrogens is 2. The number of hydrogen-bond acceptors (Lipinski definition) is 5. The summed E-state index contributed by atoms with van der Waals surface area (Å²) in [6.45, 7) is 2.42. The normalized spacial score (nSPS) is 18.3. The monoisotopic (exact) mass is 491 g/mol. The van der Waals surface area contributed by atoms with Gasteiger partial charge in [0, 0.05) is 49.7 Å². The first-order valence-corrected chi connectivity index (χ1v) is 12.1. The van der Waals surface area contributed by atoms with E-state index in [1.165, 1.54) is 0 Å². The topological polar surface area (TPSA) is 78.4 Å². The maximum absolute atomic E-state index is 13.5. The second-order valence-corrected chi connectivity index (χ2v) is 9.35. The lowest BCUT2D eigenvalue weighted by Crippen LogP contribution is -2.38. The van der Waals surface area contributed by atoms with Crippen molar-refractivity contribution in [2.45, 2.75) is 25.2 Å². The molecule has 2 amide bonds. The van der Waals surface area contributed by atoms with Gasteiger partial charge in [-0.15, -0.1) is 5.10 Å². The van der Waals surface area contributed by atoms with Crippen molar-refractivity contribution < 1.29 is 18.4 Å². The molecular weight excluding hydrogens is 464 g/mol. The Kier molecular flexibility index (Phi) is 6.88. The van der Waals surface area contributed by atoms with E-state index in [1.807, 2.05) is 36.4 Å². The SMILES string of the molecule is O=C(Nc1ccc(C2CCN(C(=O)c3cc(F)cc(F)c3)CC2)cc1)[C@H]1CCN(c2cccnn2)C1. The van der Waals surface area contributed by atoms with Gasteiger partial charge in [-0.3, -0.25) is 9.59 Å². The van der Waals surface area contributed by atoms with Crippen LogP contribution in [-0.2, 0) is 4.79 Å². The molecule has 3 aromatic rings. The highest BCUT2D eigenvalue weighted by Crippen LogP contribution is 2.30. The number of likely N-dealkylation sites (tertiary alicyclic amines) is 1. The molecule has 2 aromatic carbocycles. The zero-order valence-corrected chi connectivity index (χ0v) is 19.7. The number of anilines is 2. The van der Waals surface area contributed by atoms with E-state index in [0.717, 1.165) is 61.1 Å². The Labute approximate surface area is 208 Å². The Bertz CT molecular complexity index is 1210. The van der Waals surface area contributed by atoms with E-state index in [-0.39, 0.29) is 29.2 Å². The third kappa shape index (κ3) is 5.35. The predicted molar refractivity (Wildman–Crippen MR) is 132 cm³/mol. The van der Waals surface area contributed by atoms with Gasteiger partial charge in [0.15, 0.2) is 5.82 Å². The molecule has 2 fully saturated rings. The average molecular weight is 492 g/mol. The molecule has 2 saturated heterocycles. The second kappa shape index (κ2) is 10.4. The summed E-state index contributed by atoms with van der Waals surface area (Å²) >= 11 is 0. The molecule has 1 aromatic heterocycles. The van der Waals surface area contributed by atoms with Crippen molar-refractivity contribution in [1.82, 2.24) is 15.1 Å². The highest BCUT2D eigenvalue weighted by molar-refractivity contribution is 5.94. The summed E-state index contributed by atoms with van der Waals surface area (Å²) in [7, 11) is 0. The van der Waals surface area contributed by atoms with Crippen LogP contribution in [0, 0.1) is 17.6 Å². The number of amides is 2. The number of halogens is 2. The molecule has 2 aliphatic heterocycles. The van der Waals surface area contributed by atoms with Gasteiger partial charge in [0.25, 0.3) is 5.91 Å². The molecule has 0 aliphatic carbocycles. The van der Waals surface area contributed by atoms with Crippen molar-refractivity contribution in [1.29, 1.82) is 0 Å². The van der Waals surface area contributed by atoms with E-state index in [0.29, 0.717) is 19.6 Å². The lowest BCUT2D eigenvalue weighted by molar-refractivity contribution is -0.119. The largest absolute Gasteiger partial charge is 0.354 e. The molecule has 7 nitrogen and oxygen atoms in total. The minimum Gasteiger partial charge on any atom is -0.354 e. The molecule has 0 unspecified atom stereocenters. The fraction of sp³-hybridized carbons (Fsp3) is 0.333. The van der Waals surface area contributed by atoms with Crippen LogP contribution < -0.4 is 10.2 Å². The predicted octanol–water partition coefficient (Wildman–Crippen LogP) is 4.24. The van der Waals surface area contributed by atoms with Crippen molar-refractivity contribution in [2.24, 2.45) is 5.92 Å². The number of piperidine rings is 1. The quantitative estimate of drug-likeness (QED) is 0.578. The van der Waals surface area contributed by atoms with Gasteiger partial charge < -0.3 is 15.1 Å². The van der Waals surface area contributed by atoms with Crippen LogP contribution in [0.1, 0.15) is 41.1 Å². The minimum absolute atomic E-state index is 0.00486. The first-order chi connectivity index (χ1) is 17.5. The van der Waals surface area contributed by atoms with E-state index in [1.54, 1.807) is 11.1 Å². The zero-order valence-electron chi connectivity index (χ0n) is 19.7. The van der Waals surface area contributed by atoms with Crippen LogP contribution in [0.2, 0.25) is 0 Å². The summed E-state index contributed by atoms with van der Waals surface area (Å²) in [6, 6.07) is 14.5. The van der Waals surface area contributed by atoms with Crippen LogP contribution in [0.3, 0.4) is 0 Å². The maximum Gasteiger partial charge on any atom is 0.254 e. The Balaban J connectivity index is 1.13. The van der Waals surface area contributed by atoms with E-state index in [4.69, 9.17) is 0 Å². The van der Waals surface area contributed by atoms with E-state index in [9.17, 15) is 18.4 Å². The molecule has 36 heavy (non-hydrogen) atoms. The van der Waals surface area contributed by atoms with Crippen molar-refractivity contribution in [3.8, 4) is 0 Å². The van der Waals surface area contributed by atoms with Gasteiger partial charge in [0.05, 0.1) is 5.92 Å². The van der Waals surface area contributed by atoms with Crippen LogP contribution in [0.5, 0.6) is 0 Å². The lowest BCUT2D eigenvalue weighted by Gasteiger charge is -2.32. The van der Waals surface area contributed by atoms with E-state index >= 15 is 0 Å². The molecule has 2 aliphatic rings. The van der Waals surface area contributed by atoms with Gasteiger partial charge in [0.2, 0.25) is 5.91 Å². The average Bonchev–Trinajstić information content (AvgIpc) is 3.40. The number of carbonyl (C=O) groups is 2. The van der Waals surface area contributed by atoms with Gasteiger partial charge in [-0.1, -0.05) is 12.1 Å². The van der Waals surface area contributed by atoms with Gasteiger partial charge in [-0.25, -0.2) is 8.78 Å².